The van der Waals surface area contributed by atoms with Gasteiger partial charge in [0.1, 0.15) is 12.4 Å². The van der Waals surface area contributed by atoms with E-state index in [1.54, 1.807) is 18.2 Å². The molecule has 2 rings (SSSR count). The summed E-state index contributed by atoms with van der Waals surface area (Å²) in [6, 6.07) is 14.5. The average molecular weight is 270 g/mol. The first-order chi connectivity index (χ1) is 9.65. The predicted molar refractivity (Wildman–Crippen MR) is 76.9 cm³/mol. The molecule has 0 saturated heterocycles. The van der Waals surface area contributed by atoms with Crippen molar-refractivity contribution >= 4 is 11.7 Å². The van der Waals surface area contributed by atoms with E-state index in [9.17, 15) is 4.79 Å². The molecule has 0 bridgehead atoms. The molecule has 1 N–H and O–H groups in total. The van der Waals surface area contributed by atoms with Gasteiger partial charge in [-0.1, -0.05) is 42.5 Å². The van der Waals surface area contributed by atoms with Crippen molar-refractivity contribution in [3.05, 3.63) is 65.4 Å². The number of nitrogens with one attached hydrogen (secondary N) is 1. The minimum atomic E-state index is -0.414. The van der Waals surface area contributed by atoms with E-state index in [1.807, 2.05) is 37.3 Å². The van der Waals surface area contributed by atoms with E-state index in [0.29, 0.717) is 11.4 Å². The maximum atomic E-state index is 11.6. The van der Waals surface area contributed by atoms with Gasteiger partial charge in [-0.05, 0) is 24.1 Å². The zero-order valence-electron chi connectivity index (χ0n) is 11.3. The molecular weight excluding hydrogens is 254 g/mol. The molecular formula is C16H16NO3-. The maximum absolute atomic E-state index is 11.6. The average Bonchev–Trinajstić information content (AvgIpc) is 2.45. The first-order valence-electron chi connectivity index (χ1n) is 6.30. The lowest BCUT2D eigenvalue weighted by molar-refractivity contribution is -0.147. The fraction of sp³-hybridized carbons (Fsp3) is 0.188. The summed E-state index contributed by atoms with van der Waals surface area (Å²) in [5, 5.41) is 0. The van der Waals surface area contributed by atoms with Crippen molar-refractivity contribution in [1.29, 1.82) is 0 Å². The predicted octanol–water partition coefficient (Wildman–Crippen LogP) is 3.80. The molecule has 0 amide bonds. The van der Waals surface area contributed by atoms with Gasteiger partial charge in [0.15, 0.2) is 6.61 Å². The fourth-order valence-electron chi connectivity index (χ4n) is 1.73. The Balaban J connectivity index is 1.80. The van der Waals surface area contributed by atoms with E-state index in [2.05, 4.69) is 0 Å². The minimum absolute atomic E-state index is 0.134. The Morgan fingerprint density at radius 2 is 1.90 bits per heavy atom. The van der Waals surface area contributed by atoms with Crippen LogP contribution < -0.4 is 4.74 Å². The van der Waals surface area contributed by atoms with Crippen LogP contribution in [0.5, 0.6) is 5.75 Å². The highest BCUT2D eigenvalue weighted by Gasteiger charge is 2.06. The van der Waals surface area contributed by atoms with Gasteiger partial charge >= 0.3 is 5.97 Å². The molecule has 0 aliphatic carbocycles. The van der Waals surface area contributed by atoms with Crippen molar-refractivity contribution in [2.75, 3.05) is 6.61 Å². The third-order valence-electron chi connectivity index (χ3n) is 2.76. The Bertz CT molecular complexity index is 582. The van der Waals surface area contributed by atoms with E-state index in [4.69, 9.17) is 15.2 Å². The number of esters is 1. The summed E-state index contributed by atoms with van der Waals surface area (Å²) in [5.74, 6) is 0.181. The number of hydrogen-bond acceptors (Lipinski definition) is 3. The van der Waals surface area contributed by atoms with Crippen LogP contribution in [0.3, 0.4) is 0 Å². The van der Waals surface area contributed by atoms with E-state index < -0.39 is 5.97 Å². The SMILES string of the molecule is Cc1cc([NH-])ccc1OCC(=O)OCc1ccccc1. The molecule has 0 atom stereocenters. The first-order valence-corrected chi connectivity index (χ1v) is 6.30. The second kappa shape index (κ2) is 6.61. The van der Waals surface area contributed by atoms with Crippen LogP contribution in [0, 0.1) is 6.92 Å². The molecule has 0 aromatic heterocycles. The normalized spacial score (nSPS) is 10.1. The summed E-state index contributed by atoms with van der Waals surface area (Å²) in [6.07, 6.45) is 0. The van der Waals surface area contributed by atoms with Crippen LogP contribution in [-0.2, 0) is 16.1 Å². The van der Waals surface area contributed by atoms with Crippen LogP contribution in [0.2, 0.25) is 0 Å². The molecule has 2 aromatic rings. The molecule has 0 radical (unpaired) electrons. The van der Waals surface area contributed by atoms with Crippen LogP contribution in [0.1, 0.15) is 11.1 Å². The molecule has 0 heterocycles. The Hall–Kier alpha value is -2.49. The topological polar surface area (TPSA) is 59.3 Å². The van der Waals surface area contributed by atoms with Gasteiger partial charge in [0, 0.05) is 0 Å². The number of benzene rings is 2. The van der Waals surface area contributed by atoms with Crippen LogP contribution in [0.25, 0.3) is 5.73 Å². The van der Waals surface area contributed by atoms with Gasteiger partial charge in [-0.15, -0.1) is 5.69 Å². The van der Waals surface area contributed by atoms with Crippen molar-refractivity contribution in [1.82, 2.24) is 0 Å². The Labute approximate surface area is 118 Å². The molecule has 4 heteroatoms. The molecule has 0 spiro atoms. The Kier molecular flexibility index (Phi) is 4.60. The van der Waals surface area contributed by atoms with E-state index in [-0.39, 0.29) is 13.2 Å². The zero-order chi connectivity index (χ0) is 14.4. The summed E-state index contributed by atoms with van der Waals surface area (Å²) >= 11 is 0. The molecule has 2 aromatic carbocycles. The van der Waals surface area contributed by atoms with E-state index in [1.165, 1.54) is 0 Å². The summed E-state index contributed by atoms with van der Waals surface area (Å²) in [7, 11) is 0. The smallest absolute Gasteiger partial charge is 0.344 e. The maximum Gasteiger partial charge on any atom is 0.344 e. The highest BCUT2D eigenvalue weighted by atomic mass is 16.6. The number of rotatable bonds is 5. The second-order valence-electron chi connectivity index (χ2n) is 4.42. The molecule has 20 heavy (non-hydrogen) atoms. The third kappa shape index (κ3) is 4.02. The summed E-state index contributed by atoms with van der Waals surface area (Å²) in [4.78, 5) is 11.6. The molecule has 4 nitrogen and oxygen atoms in total. The first kappa shape index (κ1) is 13.9. The van der Waals surface area contributed by atoms with Gasteiger partial charge in [-0.2, -0.15) is 0 Å². The van der Waals surface area contributed by atoms with Gasteiger partial charge in [0.25, 0.3) is 0 Å². The summed E-state index contributed by atoms with van der Waals surface area (Å²) in [6.45, 7) is 1.95. The Morgan fingerprint density at radius 1 is 1.15 bits per heavy atom. The van der Waals surface area contributed by atoms with Crippen molar-refractivity contribution in [3.8, 4) is 5.75 Å². The quantitative estimate of drug-likeness (QED) is 0.776. The lowest BCUT2D eigenvalue weighted by Gasteiger charge is -2.11. The van der Waals surface area contributed by atoms with Crippen molar-refractivity contribution in [3.63, 3.8) is 0 Å². The van der Waals surface area contributed by atoms with Crippen molar-refractivity contribution in [2.45, 2.75) is 13.5 Å². The van der Waals surface area contributed by atoms with Gasteiger partial charge in [0.2, 0.25) is 0 Å². The molecule has 0 aliphatic heterocycles. The van der Waals surface area contributed by atoms with Crippen LogP contribution >= 0.6 is 0 Å². The van der Waals surface area contributed by atoms with E-state index in [0.717, 1.165) is 11.1 Å². The largest absolute Gasteiger partial charge is 0.699 e. The van der Waals surface area contributed by atoms with Gasteiger partial charge in [-0.25, -0.2) is 4.79 Å². The van der Waals surface area contributed by atoms with Crippen LogP contribution in [-0.4, -0.2) is 12.6 Å². The highest BCUT2D eigenvalue weighted by Crippen LogP contribution is 2.22. The van der Waals surface area contributed by atoms with Gasteiger partial charge in [0.05, 0.1) is 0 Å². The monoisotopic (exact) mass is 270 g/mol. The number of hydrogen-bond donors (Lipinski definition) is 0. The lowest BCUT2D eigenvalue weighted by atomic mass is 10.2. The summed E-state index contributed by atoms with van der Waals surface area (Å²) < 4.78 is 10.5. The highest BCUT2D eigenvalue weighted by molar-refractivity contribution is 5.71. The molecule has 0 saturated carbocycles. The van der Waals surface area contributed by atoms with Gasteiger partial charge < -0.3 is 15.2 Å². The molecule has 104 valence electrons. The molecule has 0 fully saturated rings. The van der Waals surface area contributed by atoms with Crippen LogP contribution in [0.4, 0.5) is 5.69 Å². The second-order valence-corrected chi connectivity index (χ2v) is 4.42. The Morgan fingerprint density at radius 3 is 2.60 bits per heavy atom. The third-order valence-corrected chi connectivity index (χ3v) is 2.76. The lowest BCUT2D eigenvalue weighted by Crippen LogP contribution is -2.15. The minimum Gasteiger partial charge on any atom is -0.699 e. The zero-order valence-corrected chi connectivity index (χ0v) is 11.3. The van der Waals surface area contributed by atoms with Crippen molar-refractivity contribution < 1.29 is 14.3 Å². The number of aryl methyl sites for hydroxylation is 1. The number of carbonyl (C=O) groups excluding carboxylic acids is 1. The standard InChI is InChI=1S/C16H16NO3/c1-12-9-14(17)7-8-15(12)19-11-16(18)20-10-13-5-3-2-4-6-13/h2-9,17H,10-11H2,1H3/q-1. The number of ether oxygens (including phenoxy) is 2. The van der Waals surface area contributed by atoms with E-state index >= 15 is 0 Å². The van der Waals surface area contributed by atoms with Gasteiger partial charge in [-0.3, -0.25) is 0 Å². The van der Waals surface area contributed by atoms with Crippen LogP contribution in [0.15, 0.2) is 48.5 Å². The fourth-order valence-corrected chi connectivity index (χ4v) is 1.73. The molecule has 0 aliphatic rings. The van der Waals surface area contributed by atoms with Crippen molar-refractivity contribution in [2.24, 2.45) is 0 Å². The summed E-state index contributed by atoms with van der Waals surface area (Å²) in [5.41, 5.74) is 9.65. The number of carbonyl (C=O) groups is 1. The molecule has 0 unspecified atom stereocenters.